The number of primary amides is 1. The van der Waals surface area contributed by atoms with E-state index >= 15 is 0 Å². The molecule has 2 atom stereocenters. The van der Waals surface area contributed by atoms with E-state index in [-0.39, 0.29) is 11.8 Å². The van der Waals surface area contributed by atoms with Gasteiger partial charge in [0.05, 0.1) is 0 Å². The van der Waals surface area contributed by atoms with Crippen molar-refractivity contribution in [2.45, 2.75) is 57.9 Å². The minimum absolute atomic E-state index is 0.120. The maximum Gasteiger partial charge on any atom is 0.240 e. The molecule has 5 nitrogen and oxygen atoms in total. The number of hydrogen-bond acceptors (Lipinski definition) is 3. The van der Waals surface area contributed by atoms with Gasteiger partial charge in [-0.2, -0.15) is 0 Å². The van der Waals surface area contributed by atoms with Crippen LogP contribution in [0.5, 0.6) is 0 Å². The summed E-state index contributed by atoms with van der Waals surface area (Å²) in [5.74, 6) is -0.210. The Hall–Kier alpha value is -1.10. The van der Waals surface area contributed by atoms with Crippen LogP contribution >= 0.6 is 0 Å². The van der Waals surface area contributed by atoms with Crippen molar-refractivity contribution in [3.05, 3.63) is 0 Å². The first-order valence-electron chi connectivity index (χ1n) is 7.34. The highest BCUT2D eigenvalue weighted by atomic mass is 16.2. The third-order valence-electron chi connectivity index (χ3n) is 4.00. The van der Waals surface area contributed by atoms with Crippen LogP contribution in [-0.2, 0) is 9.59 Å². The molecule has 1 saturated carbocycles. The highest BCUT2D eigenvalue weighted by Crippen LogP contribution is 2.27. The lowest BCUT2D eigenvalue weighted by Crippen LogP contribution is -2.47. The average molecular weight is 269 g/mol. The van der Waals surface area contributed by atoms with Crippen molar-refractivity contribution < 1.29 is 9.59 Å². The van der Waals surface area contributed by atoms with E-state index in [0.29, 0.717) is 25.3 Å². The molecule has 1 fully saturated rings. The molecule has 0 aromatic heterocycles. The summed E-state index contributed by atoms with van der Waals surface area (Å²) in [7, 11) is 0. The Morgan fingerprint density at radius 3 is 2.42 bits per heavy atom. The molecular weight excluding hydrogens is 242 g/mol. The molecule has 110 valence electrons. The number of rotatable bonds is 7. The minimum Gasteiger partial charge on any atom is -0.368 e. The number of carbonyl (C=O) groups excluding carboxylic acids is 2. The first-order valence-corrected chi connectivity index (χ1v) is 7.34. The molecule has 1 rings (SSSR count). The third-order valence-corrected chi connectivity index (χ3v) is 4.00. The van der Waals surface area contributed by atoms with Gasteiger partial charge in [0.25, 0.3) is 0 Å². The van der Waals surface area contributed by atoms with Crippen LogP contribution in [0.25, 0.3) is 0 Å². The lowest BCUT2D eigenvalue weighted by atomic mass is 9.84. The predicted molar refractivity (Wildman–Crippen MR) is 75.2 cm³/mol. The molecular formula is C14H27N3O2. The summed E-state index contributed by atoms with van der Waals surface area (Å²) in [6.45, 7) is 2.29. The topological polar surface area (TPSA) is 98.2 Å². The van der Waals surface area contributed by atoms with E-state index in [0.717, 1.165) is 12.8 Å². The lowest BCUT2D eigenvalue weighted by molar-refractivity contribution is -0.130. The summed E-state index contributed by atoms with van der Waals surface area (Å²) in [6.07, 6.45) is 7.28. The molecule has 0 bridgehead atoms. The van der Waals surface area contributed by atoms with Gasteiger partial charge in [0.1, 0.15) is 6.04 Å². The number of nitrogens with one attached hydrogen (secondary N) is 1. The van der Waals surface area contributed by atoms with Crippen LogP contribution in [0.4, 0.5) is 0 Å². The van der Waals surface area contributed by atoms with E-state index in [4.69, 9.17) is 11.5 Å². The highest BCUT2D eigenvalue weighted by Gasteiger charge is 2.25. The first-order chi connectivity index (χ1) is 9.04. The largest absolute Gasteiger partial charge is 0.368 e. The van der Waals surface area contributed by atoms with Gasteiger partial charge in [0.15, 0.2) is 0 Å². The maximum absolute atomic E-state index is 11.9. The van der Waals surface area contributed by atoms with Gasteiger partial charge in [-0.25, -0.2) is 0 Å². The molecule has 0 aromatic carbocycles. The van der Waals surface area contributed by atoms with E-state index in [1.165, 1.54) is 19.3 Å². The molecule has 1 aliphatic carbocycles. The normalized spacial score (nSPS) is 19.7. The van der Waals surface area contributed by atoms with Gasteiger partial charge in [-0.15, -0.1) is 0 Å². The van der Waals surface area contributed by atoms with Crippen molar-refractivity contribution in [2.24, 2.45) is 23.3 Å². The van der Waals surface area contributed by atoms with Gasteiger partial charge in [-0.1, -0.05) is 39.0 Å². The number of hydrogen-bond donors (Lipinski definition) is 3. The Morgan fingerprint density at radius 1 is 1.26 bits per heavy atom. The van der Waals surface area contributed by atoms with Gasteiger partial charge in [0, 0.05) is 5.92 Å². The first kappa shape index (κ1) is 16.0. The Labute approximate surface area is 115 Å². The molecule has 2 amide bonds. The zero-order valence-electron chi connectivity index (χ0n) is 11.9. The second kappa shape index (κ2) is 8.15. The van der Waals surface area contributed by atoms with Gasteiger partial charge in [0.2, 0.25) is 11.8 Å². The van der Waals surface area contributed by atoms with Crippen molar-refractivity contribution in [2.75, 3.05) is 6.54 Å². The van der Waals surface area contributed by atoms with E-state index in [9.17, 15) is 9.59 Å². The zero-order valence-corrected chi connectivity index (χ0v) is 11.9. The van der Waals surface area contributed by atoms with E-state index in [1.54, 1.807) is 0 Å². The van der Waals surface area contributed by atoms with Gasteiger partial charge in [-0.05, 0) is 25.3 Å². The third kappa shape index (κ3) is 5.59. The zero-order chi connectivity index (χ0) is 14.3. The quantitative estimate of drug-likeness (QED) is 0.640. The average Bonchev–Trinajstić information content (AvgIpc) is 2.39. The molecule has 5 heteroatoms. The van der Waals surface area contributed by atoms with Gasteiger partial charge >= 0.3 is 0 Å². The van der Waals surface area contributed by atoms with Crippen LogP contribution < -0.4 is 16.8 Å². The summed E-state index contributed by atoms with van der Waals surface area (Å²) >= 11 is 0. The molecule has 0 spiro atoms. The Bertz CT molecular complexity index is 301. The standard InChI is InChI=1S/C14H27N3O2/c1-10(7-8-15)14(19)17-12(13(16)18)9-11-5-3-2-4-6-11/h10-12H,2-9,15H2,1H3,(H2,16,18)(H,17,19)/t10-,12-/m0/s1. The molecule has 0 radical (unpaired) electrons. The second-order valence-corrected chi connectivity index (χ2v) is 5.68. The maximum atomic E-state index is 11.9. The Morgan fingerprint density at radius 2 is 1.89 bits per heavy atom. The lowest BCUT2D eigenvalue weighted by Gasteiger charge is -2.26. The SMILES string of the molecule is C[C@@H](CCN)C(=O)N[C@@H](CC1CCCCC1)C(N)=O. The monoisotopic (exact) mass is 269 g/mol. The van der Waals surface area contributed by atoms with E-state index < -0.39 is 11.9 Å². The number of carbonyl (C=O) groups is 2. The summed E-state index contributed by atoms with van der Waals surface area (Å²) in [5, 5.41) is 2.78. The molecule has 0 saturated heterocycles. The fraction of sp³-hybridized carbons (Fsp3) is 0.857. The fourth-order valence-corrected chi connectivity index (χ4v) is 2.70. The molecule has 19 heavy (non-hydrogen) atoms. The molecule has 0 aromatic rings. The van der Waals surface area contributed by atoms with Crippen LogP contribution in [0.1, 0.15) is 51.9 Å². The van der Waals surface area contributed by atoms with Crippen LogP contribution in [-0.4, -0.2) is 24.4 Å². The van der Waals surface area contributed by atoms with Crippen LogP contribution in [0.15, 0.2) is 0 Å². The number of amides is 2. The summed E-state index contributed by atoms with van der Waals surface area (Å²) < 4.78 is 0. The van der Waals surface area contributed by atoms with Gasteiger partial charge in [-0.3, -0.25) is 9.59 Å². The predicted octanol–water partition coefficient (Wildman–Crippen LogP) is 0.912. The van der Waals surface area contributed by atoms with Crippen molar-refractivity contribution in [1.82, 2.24) is 5.32 Å². The van der Waals surface area contributed by atoms with Crippen LogP contribution in [0.2, 0.25) is 0 Å². The minimum atomic E-state index is -0.532. The second-order valence-electron chi connectivity index (χ2n) is 5.68. The van der Waals surface area contributed by atoms with E-state index in [1.807, 2.05) is 6.92 Å². The fourth-order valence-electron chi connectivity index (χ4n) is 2.70. The van der Waals surface area contributed by atoms with Crippen molar-refractivity contribution in [3.8, 4) is 0 Å². The molecule has 0 unspecified atom stereocenters. The van der Waals surface area contributed by atoms with Crippen molar-refractivity contribution in [3.63, 3.8) is 0 Å². The summed E-state index contributed by atoms with van der Waals surface area (Å²) in [4.78, 5) is 23.4. The van der Waals surface area contributed by atoms with Crippen LogP contribution in [0.3, 0.4) is 0 Å². The summed E-state index contributed by atoms with van der Waals surface area (Å²) in [5.41, 5.74) is 10.8. The highest BCUT2D eigenvalue weighted by molar-refractivity contribution is 5.87. The molecule has 0 heterocycles. The van der Waals surface area contributed by atoms with Crippen LogP contribution in [0, 0.1) is 11.8 Å². The van der Waals surface area contributed by atoms with E-state index in [2.05, 4.69) is 5.32 Å². The van der Waals surface area contributed by atoms with Gasteiger partial charge < -0.3 is 16.8 Å². The molecule has 5 N–H and O–H groups in total. The molecule has 0 aliphatic heterocycles. The van der Waals surface area contributed by atoms with Crippen molar-refractivity contribution in [1.29, 1.82) is 0 Å². The van der Waals surface area contributed by atoms with Crippen molar-refractivity contribution >= 4 is 11.8 Å². The Kier molecular flexibility index (Phi) is 6.84. The Balaban J connectivity index is 2.47. The summed E-state index contributed by atoms with van der Waals surface area (Å²) in [6, 6.07) is -0.532. The number of nitrogens with two attached hydrogens (primary N) is 2. The smallest absolute Gasteiger partial charge is 0.240 e. The molecule has 1 aliphatic rings.